The van der Waals surface area contributed by atoms with Crippen molar-refractivity contribution in [1.82, 2.24) is 0 Å². The largest absolute Gasteiger partial charge is 0.481 e. The van der Waals surface area contributed by atoms with Crippen molar-refractivity contribution in [2.45, 2.75) is 39.0 Å². The standard InChI is InChI=1S/C15H19FO3/c1-2-3-4-11(10-15(18)19)9-14(17)12-5-7-13(16)8-6-12/h5-8,11H,2-4,9-10H2,1H3,(H,18,19). The molecule has 0 amide bonds. The molecule has 0 aliphatic heterocycles. The predicted molar refractivity (Wildman–Crippen MR) is 70.6 cm³/mol. The van der Waals surface area contributed by atoms with Crippen molar-refractivity contribution < 1.29 is 19.1 Å². The molecule has 0 fully saturated rings. The molecule has 0 saturated heterocycles. The molecule has 0 aliphatic rings. The van der Waals surface area contributed by atoms with Gasteiger partial charge in [0.2, 0.25) is 0 Å². The van der Waals surface area contributed by atoms with E-state index < -0.39 is 5.97 Å². The Bertz CT molecular complexity index is 426. The van der Waals surface area contributed by atoms with Crippen LogP contribution in [0.3, 0.4) is 0 Å². The second-order valence-corrected chi connectivity index (χ2v) is 4.74. The maximum atomic E-state index is 12.8. The highest BCUT2D eigenvalue weighted by Crippen LogP contribution is 2.20. The first-order valence-electron chi connectivity index (χ1n) is 6.53. The van der Waals surface area contributed by atoms with Gasteiger partial charge in [0, 0.05) is 18.4 Å². The van der Waals surface area contributed by atoms with Gasteiger partial charge in [0.25, 0.3) is 0 Å². The molecule has 0 aromatic heterocycles. The summed E-state index contributed by atoms with van der Waals surface area (Å²) < 4.78 is 12.8. The second-order valence-electron chi connectivity index (χ2n) is 4.74. The monoisotopic (exact) mass is 266 g/mol. The zero-order chi connectivity index (χ0) is 14.3. The van der Waals surface area contributed by atoms with Crippen LogP contribution in [0.25, 0.3) is 0 Å². The average molecular weight is 266 g/mol. The van der Waals surface area contributed by atoms with E-state index in [1.54, 1.807) is 0 Å². The summed E-state index contributed by atoms with van der Waals surface area (Å²) in [5.41, 5.74) is 0.438. The van der Waals surface area contributed by atoms with Gasteiger partial charge in [-0.15, -0.1) is 0 Å². The molecule has 0 bridgehead atoms. The van der Waals surface area contributed by atoms with Gasteiger partial charge in [0.1, 0.15) is 5.82 Å². The van der Waals surface area contributed by atoms with E-state index in [0.717, 1.165) is 19.3 Å². The molecule has 1 unspecified atom stereocenters. The molecule has 19 heavy (non-hydrogen) atoms. The maximum Gasteiger partial charge on any atom is 0.303 e. The van der Waals surface area contributed by atoms with Gasteiger partial charge >= 0.3 is 5.97 Å². The fraction of sp³-hybridized carbons (Fsp3) is 0.467. The zero-order valence-corrected chi connectivity index (χ0v) is 11.1. The van der Waals surface area contributed by atoms with Crippen LogP contribution in [-0.4, -0.2) is 16.9 Å². The van der Waals surface area contributed by atoms with E-state index in [2.05, 4.69) is 0 Å². The minimum Gasteiger partial charge on any atom is -0.481 e. The van der Waals surface area contributed by atoms with E-state index in [-0.39, 0.29) is 30.4 Å². The Hall–Kier alpha value is -1.71. The van der Waals surface area contributed by atoms with E-state index in [4.69, 9.17) is 5.11 Å². The van der Waals surface area contributed by atoms with Crippen molar-refractivity contribution in [2.75, 3.05) is 0 Å². The quantitative estimate of drug-likeness (QED) is 0.730. The van der Waals surface area contributed by atoms with E-state index in [1.165, 1.54) is 24.3 Å². The van der Waals surface area contributed by atoms with Gasteiger partial charge in [-0.1, -0.05) is 19.8 Å². The Labute approximate surface area is 112 Å². The lowest BCUT2D eigenvalue weighted by Crippen LogP contribution is -2.13. The number of carboxylic acid groups (broad SMARTS) is 1. The third-order valence-corrected chi connectivity index (χ3v) is 3.07. The number of Topliss-reactive ketones (excluding diaryl/α,β-unsaturated/α-hetero) is 1. The lowest BCUT2D eigenvalue weighted by atomic mass is 9.91. The zero-order valence-electron chi connectivity index (χ0n) is 11.1. The number of aliphatic carboxylic acids is 1. The number of carbonyl (C=O) groups is 2. The van der Waals surface area contributed by atoms with E-state index in [9.17, 15) is 14.0 Å². The third-order valence-electron chi connectivity index (χ3n) is 3.07. The molecular weight excluding hydrogens is 247 g/mol. The molecule has 1 rings (SSSR count). The number of ketones is 1. The number of benzene rings is 1. The minimum atomic E-state index is -0.881. The summed E-state index contributed by atoms with van der Waals surface area (Å²) in [6, 6.07) is 5.36. The Morgan fingerprint density at radius 2 is 1.84 bits per heavy atom. The number of hydrogen-bond donors (Lipinski definition) is 1. The summed E-state index contributed by atoms with van der Waals surface area (Å²) >= 11 is 0. The number of carboxylic acids is 1. The number of unbranched alkanes of at least 4 members (excludes halogenated alkanes) is 1. The molecule has 0 radical (unpaired) electrons. The smallest absolute Gasteiger partial charge is 0.303 e. The highest BCUT2D eigenvalue weighted by Gasteiger charge is 2.18. The average Bonchev–Trinajstić information content (AvgIpc) is 2.36. The molecular formula is C15H19FO3. The van der Waals surface area contributed by atoms with Crippen molar-refractivity contribution in [1.29, 1.82) is 0 Å². The molecule has 1 N–H and O–H groups in total. The van der Waals surface area contributed by atoms with Crippen LogP contribution < -0.4 is 0 Å². The lowest BCUT2D eigenvalue weighted by Gasteiger charge is -2.13. The third kappa shape index (κ3) is 5.64. The Kier molecular flexibility index (Phi) is 6.19. The van der Waals surface area contributed by atoms with Crippen molar-refractivity contribution in [3.05, 3.63) is 35.6 Å². The van der Waals surface area contributed by atoms with Crippen LogP contribution in [0.4, 0.5) is 4.39 Å². The Balaban J connectivity index is 2.63. The predicted octanol–water partition coefficient (Wildman–Crippen LogP) is 3.68. The van der Waals surface area contributed by atoms with Crippen LogP contribution in [0.5, 0.6) is 0 Å². The molecule has 1 aromatic carbocycles. The summed E-state index contributed by atoms with van der Waals surface area (Å²) in [7, 11) is 0. The summed E-state index contributed by atoms with van der Waals surface area (Å²) in [6.45, 7) is 2.03. The SMILES string of the molecule is CCCCC(CC(=O)O)CC(=O)c1ccc(F)cc1. The molecule has 1 atom stereocenters. The molecule has 0 spiro atoms. The number of halogens is 1. The van der Waals surface area contributed by atoms with E-state index in [0.29, 0.717) is 5.56 Å². The van der Waals surface area contributed by atoms with Crippen LogP contribution in [0.1, 0.15) is 49.4 Å². The molecule has 1 aromatic rings. The van der Waals surface area contributed by atoms with Gasteiger partial charge in [0.05, 0.1) is 0 Å². The topological polar surface area (TPSA) is 54.4 Å². The second kappa shape index (κ2) is 7.67. The maximum absolute atomic E-state index is 12.8. The summed E-state index contributed by atoms with van der Waals surface area (Å²) in [6.07, 6.45) is 2.83. The van der Waals surface area contributed by atoms with Crippen molar-refractivity contribution in [3.8, 4) is 0 Å². The molecule has 104 valence electrons. The molecule has 0 saturated carbocycles. The van der Waals surface area contributed by atoms with Gasteiger partial charge < -0.3 is 5.11 Å². The Morgan fingerprint density at radius 1 is 1.21 bits per heavy atom. The normalized spacial score (nSPS) is 12.1. The van der Waals surface area contributed by atoms with Gasteiger partial charge in [-0.25, -0.2) is 4.39 Å². The van der Waals surface area contributed by atoms with Crippen LogP contribution in [0.15, 0.2) is 24.3 Å². The first-order valence-corrected chi connectivity index (χ1v) is 6.53. The number of carbonyl (C=O) groups excluding carboxylic acids is 1. The first kappa shape index (κ1) is 15.3. The highest BCUT2D eigenvalue weighted by molar-refractivity contribution is 5.96. The van der Waals surface area contributed by atoms with Crippen molar-refractivity contribution in [2.24, 2.45) is 5.92 Å². The highest BCUT2D eigenvalue weighted by atomic mass is 19.1. The van der Waals surface area contributed by atoms with Crippen LogP contribution in [0.2, 0.25) is 0 Å². The van der Waals surface area contributed by atoms with Gasteiger partial charge in [-0.3, -0.25) is 9.59 Å². The van der Waals surface area contributed by atoms with Crippen molar-refractivity contribution in [3.63, 3.8) is 0 Å². The summed E-state index contributed by atoms with van der Waals surface area (Å²) in [5.74, 6) is -1.53. The fourth-order valence-corrected chi connectivity index (χ4v) is 2.03. The van der Waals surface area contributed by atoms with E-state index >= 15 is 0 Å². The Morgan fingerprint density at radius 3 is 2.37 bits per heavy atom. The van der Waals surface area contributed by atoms with Gasteiger partial charge in [-0.2, -0.15) is 0 Å². The first-order chi connectivity index (χ1) is 9.02. The fourth-order valence-electron chi connectivity index (χ4n) is 2.03. The number of rotatable bonds is 8. The van der Waals surface area contributed by atoms with Crippen LogP contribution >= 0.6 is 0 Å². The summed E-state index contributed by atoms with van der Waals surface area (Å²) in [5, 5.41) is 8.84. The molecule has 0 heterocycles. The molecule has 3 nitrogen and oxygen atoms in total. The minimum absolute atomic E-state index is 0.00688. The molecule has 4 heteroatoms. The van der Waals surface area contributed by atoms with Crippen molar-refractivity contribution >= 4 is 11.8 Å². The lowest BCUT2D eigenvalue weighted by molar-refractivity contribution is -0.138. The van der Waals surface area contributed by atoms with E-state index in [1.807, 2.05) is 6.92 Å². The van der Waals surface area contributed by atoms with Crippen LogP contribution in [-0.2, 0) is 4.79 Å². The summed E-state index contributed by atoms with van der Waals surface area (Å²) in [4.78, 5) is 22.8. The van der Waals surface area contributed by atoms with Gasteiger partial charge in [0.15, 0.2) is 5.78 Å². The molecule has 0 aliphatic carbocycles. The van der Waals surface area contributed by atoms with Crippen LogP contribution in [0, 0.1) is 11.7 Å². The number of hydrogen-bond acceptors (Lipinski definition) is 2. The van der Waals surface area contributed by atoms with Gasteiger partial charge in [-0.05, 0) is 36.6 Å².